The van der Waals surface area contributed by atoms with E-state index >= 15 is 0 Å². The van der Waals surface area contributed by atoms with Crippen LogP contribution in [-0.4, -0.2) is 27.8 Å². The normalized spacial score (nSPS) is 11.0. The fourth-order valence-electron chi connectivity index (χ4n) is 1.48. The molecular weight excluding hydrogens is 232 g/mol. The maximum atomic E-state index is 11.1. The first-order chi connectivity index (χ1) is 8.48. The number of nitrogens with zero attached hydrogens (tertiary/aromatic N) is 4. The van der Waals surface area contributed by atoms with Crippen LogP contribution in [0.25, 0.3) is 0 Å². The van der Waals surface area contributed by atoms with E-state index in [2.05, 4.69) is 20.9 Å². The number of hydrogen-bond donors (Lipinski definition) is 0. The molecule has 6 heteroatoms. The van der Waals surface area contributed by atoms with Crippen molar-refractivity contribution in [3.8, 4) is 6.07 Å². The lowest BCUT2D eigenvalue weighted by Gasteiger charge is -2.13. The van der Waals surface area contributed by atoms with Crippen molar-refractivity contribution in [1.29, 1.82) is 5.26 Å². The van der Waals surface area contributed by atoms with Crippen LogP contribution in [0.1, 0.15) is 43.7 Å². The Labute approximate surface area is 107 Å². The zero-order chi connectivity index (χ0) is 13.6. The quantitative estimate of drug-likeness (QED) is 0.568. The van der Waals surface area contributed by atoms with Crippen molar-refractivity contribution < 1.29 is 9.53 Å². The first-order valence-corrected chi connectivity index (χ1v) is 5.87. The number of unbranched alkanes of at least 4 members (excludes halogenated alkanes) is 1. The molecule has 98 valence electrons. The largest absolute Gasteiger partial charge is 0.463 e. The first kappa shape index (κ1) is 14.2. The Kier molecular flexibility index (Phi) is 4.84. The van der Waals surface area contributed by atoms with Gasteiger partial charge in [0.2, 0.25) is 0 Å². The van der Waals surface area contributed by atoms with Gasteiger partial charge < -0.3 is 4.74 Å². The van der Waals surface area contributed by atoms with E-state index < -0.39 is 5.97 Å². The van der Waals surface area contributed by atoms with Crippen molar-refractivity contribution in [3.05, 3.63) is 12.2 Å². The van der Waals surface area contributed by atoms with Crippen LogP contribution >= 0.6 is 0 Å². The van der Waals surface area contributed by atoms with E-state index in [-0.39, 0.29) is 11.2 Å². The number of ether oxygens (including phenoxy) is 1. The van der Waals surface area contributed by atoms with Crippen LogP contribution in [0, 0.1) is 16.7 Å². The van der Waals surface area contributed by atoms with E-state index in [9.17, 15) is 4.79 Å². The summed E-state index contributed by atoms with van der Waals surface area (Å²) in [5, 5.41) is 12.9. The average Bonchev–Trinajstić information content (AvgIpc) is 2.82. The van der Waals surface area contributed by atoms with Crippen LogP contribution in [0.15, 0.2) is 6.33 Å². The molecule has 0 radical (unpaired) electrons. The van der Waals surface area contributed by atoms with Crippen molar-refractivity contribution in [2.75, 3.05) is 7.11 Å². The molecule has 6 nitrogen and oxygen atoms in total. The minimum absolute atomic E-state index is 0.0786. The monoisotopic (exact) mass is 250 g/mol. The van der Waals surface area contributed by atoms with E-state index in [4.69, 9.17) is 5.26 Å². The summed E-state index contributed by atoms with van der Waals surface area (Å²) in [5.41, 5.74) is -0.278. The van der Waals surface area contributed by atoms with Crippen LogP contribution < -0.4 is 0 Å². The third kappa shape index (κ3) is 4.17. The molecule has 0 aromatic carbocycles. The van der Waals surface area contributed by atoms with Gasteiger partial charge in [0.25, 0.3) is 5.82 Å². The summed E-state index contributed by atoms with van der Waals surface area (Å²) in [4.78, 5) is 15.0. The Morgan fingerprint density at radius 3 is 2.89 bits per heavy atom. The van der Waals surface area contributed by atoms with Gasteiger partial charge in [-0.3, -0.25) is 4.68 Å². The lowest BCUT2D eigenvalue weighted by atomic mass is 9.89. The molecule has 0 atom stereocenters. The molecule has 0 aliphatic heterocycles. The molecule has 0 aliphatic rings. The summed E-state index contributed by atoms with van der Waals surface area (Å²) >= 11 is 0. The fourth-order valence-corrected chi connectivity index (χ4v) is 1.48. The van der Waals surface area contributed by atoms with E-state index in [1.165, 1.54) is 13.4 Å². The predicted molar refractivity (Wildman–Crippen MR) is 64.6 cm³/mol. The lowest BCUT2D eigenvalue weighted by Crippen LogP contribution is -2.09. The molecule has 0 N–H and O–H groups in total. The Hall–Kier alpha value is -1.90. The number of aromatic nitrogens is 3. The standard InChI is InChI=1S/C12H18N4O2/c1-12(2,8-13)6-4-5-7-16-9-14-10(15-16)11(17)18-3/h9H,4-7H2,1-3H3. The summed E-state index contributed by atoms with van der Waals surface area (Å²) in [6.45, 7) is 4.54. The lowest BCUT2D eigenvalue weighted by molar-refractivity contribution is 0.0586. The molecule has 0 fully saturated rings. The summed E-state index contributed by atoms with van der Waals surface area (Å²) in [6, 6.07) is 2.27. The van der Waals surface area contributed by atoms with Gasteiger partial charge in [0, 0.05) is 6.54 Å². The van der Waals surface area contributed by atoms with Gasteiger partial charge in [0.1, 0.15) is 6.33 Å². The van der Waals surface area contributed by atoms with Gasteiger partial charge in [-0.2, -0.15) is 5.26 Å². The Morgan fingerprint density at radius 1 is 1.56 bits per heavy atom. The molecule has 0 saturated carbocycles. The molecule has 1 rings (SSSR count). The molecule has 0 spiro atoms. The topological polar surface area (TPSA) is 80.8 Å². The molecule has 0 bridgehead atoms. The summed E-state index contributed by atoms with van der Waals surface area (Å²) in [5.74, 6) is -0.450. The molecule has 1 heterocycles. The van der Waals surface area contributed by atoms with Gasteiger partial charge >= 0.3 is 5.97 Å². The number of carbonyl (C=O) groups is 1. The molecule has 0 saturated heterocycles. The number of hydrogen-bond acceptors (Lipinski definition) is 5. The fraction of sp³-hybridized carbons (Fsp3) is 0.667. The highest BCUT2D eigenvalue weighted by Crippen LogP contribution is 2.21. The molecule has 1 aromatic rings. The predicted octanol–water partition coefficient (Wildman–Crippen LogP) is 1.78. The highest BCUT2D eigenvalue weighted by Gasteiger charge is 2.15. The zero-order valence-electron chi connectivity index (χ0n) is 11.0. The Bertz CT molecular complexity index is 445. The first-order valence-electron chi connectivity index (χ1n) is 5.87. The highest BCUT2D eigenvalue weighted by atomic mass is 16.5. The number of esters is 1. The van der Waals surface area contributed by atoms with Crippen molar-refractivity contribution in [3.63, 3.8) is 0 Å². The number of aryl methyl sites for hydroxylation is 1. The number of nitriles is 1. The second kappa shape index (κ2) is 6.15. The second-order valence-corrected chi connectivity index (χ2v) is 4.78. The van der Waals surface area contributed by atoms with Crippen molar-refractivity contribution in [1.82, 2.24) is 14.8 Å². The third-order valence-corrected chi connectivity index (χ3v) is 2.65. The smallest absolute Gasteiger partial charge is 0.377 e. The van der Waals surface area contributed by atoms with E-state index in [0.29, 0.717) is 6.54 Å². The highest BCUT2D eigenvalue weighted by molar-refractivity contribution is 5.84. The SMILES string of the molecule is COC(=O)c1ncn(CCCCC(C)(C)C#N)n1. The van der Waals surface area contributed by atoms with E-state index in [1.807, 2.05) is 13.8 Å². The number of rotatable bonds is 6. The van der Waals surface area contributed by atoms with Gasteiger partial charge in [-0.05, 0) is 26.7 Å². The van der Waals surface area contributed by atoms with Crippen LogP contribution in [0.2, 0.25) is 0 Å². The van der Waals surface area contributed by atoms with Crippen molar-refractivity contribution >= 4 is 5.97 Å². The molecule has 0 unspecified atom stereocenters. The summed E-state index contributed by atoms with van der Waals surface area (Å²) < 4.78 is 6.14. The summed E-state index contributed by atoms with van der Waals surface area (Å²) in [6.07, 6.45) is 4.20. The average molecular weight is 250 g/mol. The second-order valence-electron chi connectivity index (χ2n) is 4.78. The minimum atomic E-state index is -0.528. The van der Waals surface area contributed by atoms with Gasteiger partial charge in [0.05, 0.1) is 18.6 Å². The maximum absolute atomic E-state index is 11.1. The maximum Gasteiger partial charge on any atom is 0.377 e. The minimum Gasteiger partial charge on any atom is -0.463 e. The molecule has 0 aliphatic carbocycles. The molecular formula is C12H18N4O2. The van der Waals surface area contributed by atoms with E-state index in [0.717, 1.165) is 19.3 Å². The zero-order valence-corrected chi connectivity index (χ0v) is 11.0. The summed E-state index contributed by atoms with van der Waals surface area (Å²) in [7, 11) is 1.30. The van der Waals surface area contributed by atoms with Crippen LogP contribution in [0.4, 0.5) is 0 Å². The van der Waals surface area contributed by atoms with Gasteiger partial charge in [-0.15, -0.1) is 5.10 Å². The van der Waals surface area contributed by atoms with Crippen molar-refractivity contribution in [2.45, 2.75) is 39.7 Å². The molecule has 18 heavy (non-hydrogen) atoms. The van der Waals surface area contributed by atoms with Crippen LogP contribution in [0.5, 0.6) is 0 Å². The molecule has 0 amide bonds. The van der Waals surface area contributed by atoms with Gasteiger partial charge in [-0.25, -0.2) is 9.78 Å². The Morgan fingerprint density at radius 2 is 2.28 bits per heavy atom. The van der Waals surface area contributed by atoms with Gasteiger partial charge in [0.15, 0.2) is 0 Å². The molecule has 1 aromatic heterocycles. The van der Waals surface area contributed by atoms with Crippen LogP contribution in [0.3, 0.4) is 0 Å². The third-order valence-electron chi connectivity index (χ3n) is 2.65. The van der Waals surface area contributed by atoms with Crippen LogP contribution in [-0.2, 0) is 11.3 Å². The van der Waals surface area contributed by atoms with E-state index in [1.54, 1.807) is 4.68 Å². The Balaban J connectivity index is 2.35. The van der Waals surface area contributed by atoms with Gasteiger partial charge in [-0.1, -0.05) is 6.42 Å². The van der Waals surface area contributed by atoms with Crippen molar-refractivity contribution in [2.24, 2.45) is 5.41 Å². The number of methoxy groups -OCH3 is 1. The number of carbonyl (C=O) groups excluding carboxylic acids is 1.